The number of cyclic esters (lactones) is 1. The minimum Gasteiger partial charge on any atom is -0.459 e. The summed E-state index contributed by atoms with van der Waals surface area (Å²) in [6.07, 6.45) is 0.795. The van der Waals surface area contributed by atoms with Crippen LogP contribution in [-0.2, 0) is 9.53 Å². The molecule has 1 saturated heterocycles. The summed E-state index contributed by atoms with van der Waals surface area (Å²) in [7, 11) is 0. The van der Waals surface area contributed by atoms with Gasteiger partial charge >= 0.3 is 5.97 Å². The summed E-state index contributed by atoms with van der Waals surface area (Å²) in [5.74, 6) is 0.134. The van der Waals surface area contributed by atoms with Crippen molar-refractivity contribution in [3.8, 4) is 0 Å². The zero-order valence-electron chi connectivity index (χ0n) is 8.33. The van der Waals surface area contributed by atoms with Crippen molar-refractivity contribution in [2.75, 3.05) is 0 Å². The first-order chi connectivity index (χ1) is 5.86. The molecule has 0 bridgehead atoms. The molecule has 0 amide bonds. The number of hydrogen-bond acceptors (Lipinski definition) is 3. The molecule has 0 aromatic rings. The largest absolute Gasteiger partial charge is 0.459 e. The number of hydrogen-bond donors (Lipinski definition) is 1. The van der Waals surface area contributed by atoms with Gasteiger partial charge in [-0.05, 0) is 20.3 Å². The first-order valence-corrected chi connectivity index (χ1v) is 4.76. The monoisotopic (exact) mass is 184 g/mol. The lowest BCUT2D eigenvalue weighted by molar-refractivity contribution is -0.238. The average molecular weight is 184 g/mol. The van der Waals surface area contributed by atoms with Crippen molar-refractivity contribution in [1.29, 1.82) is 0 Å². The summed E-state index contributed by atoms with van der Waals surface area (Å²) in [5, 5.41) is 9.64. The van der Waals surface area contributed by atoms with Crippen molar-refractivity contribution in [3.05, 3.63) is 0 Å². The van der Waals surface area contributed by atoms with Crippen LogP contribution in [0.3, 0.4) is 0 Å². The van der Waals surface area contributed by atoms with Crippen LogP contribution in [0.2, 0.25) is 0 Å². The molecule has 0 aromatic heterocycles. The number of ether oxygens (including phenoxy) is 1. The average Bonchev–Trinajstić information content (AvgIpc) is 1.96. The highest BCUT2D eigenvalue weighted by Gasteiger charge is 2.61. The van der Waals surface area contributed by atoms with E-state index in [-0.39, 0.29) is 17.5 Å². The third kappa shape index (κ3) is 1.03. The van der Waals surface area contributed by atoms with Crippen molar-refractivity contribution in [2.45, 2.75) is 45.3 Å². The van der Waals surface area contributed by atoms with E-state index < -0.39 is 5.60 Å². The Hall–Kier alpha value is -0.570. The molecular formula is C10H16O3. The van der Waals surface area contributed by atoms with E-state index in [1.165, 1.54) is 0 Å². The highest BCUT2D eigenvalue weighted by molar-refractivity contribution is 5.72. The molecule has 0 unspecified atom stereocenters. The van der Waals surface area contributed by atoms with Crippen molar-refractivity contribution in [1.82, 2.24) is 0 Å². The second-order valence-corrected chi connectivity index (χ2v) is 5.06. The van der Waals surface area contributed by atoms with Crippen LogP contribution in [0, 0.1) is 11.3 Å². The van der Waals surface area contributed by atoms with Gasteiger partial charge in [-0.2, -0.15) is 0 Å². The molecule has 74 valence electrons. The van der Waals surface area contributed by atoms with Crippen LogP contribution in [0.5, 0.6) is 0 Å². The van der Waals surface area contributed by atoms with Crippen molar-refractivity contribution in [3.63, 3.8) is 0 Å². The standard InChI is InChI=1S/C10H16O3/c1-9(2)6-4-7(11)10(6,3)5-8(12)13-9/h6-7,11H,4-5H2,1-3H3/t6-,7+,10+/m1/s1. The molecule has 1 heterocycles. The van der Waals surface area contributed by atoms with E-state index in [1.54, 1.807) is 0 Å². The predicted octanol–water partition coefficient (Wildman–Crippen LogP) is 1.10. The zero-order valence-corrected chi connectivity index (χ0v) is 8.33. The van der Waals surface area contributed by atoms with Crippen molar-refractivity contribution in [2.24, 2.45) is 11.3 Å². The Balaban J connectivity index is 2.28. The molecule has 3 nitrogen and oxygen atoms in total. The summed E-state index contributed by atoms with van der Waals surface area (Å²) in [4.78, 5) is 11.3. The third-order valence-corrected chi connectivity index (χ3v) is 3.76. The molecule has 2 aliphatic rings. The molecule has 1 N–H and O–H groups in total. The van der Waals surface area contributed by atoms with Gasteiger partial charge in [0.15, 0.2) is 0 Å². The predicted molar refractivity (Wildman–Crippen MR) is 47.0 cm³/mol. The summed E-state index contributed by atoms with van der Waals surface area (Å²) in [6.45, 7) is 5.84. The Bertz CT molecular complexity index is 259. The van der Waals surface area contributed by atoms with Crippen molar-refractivity contribution >= 4 is 5.97 Å². The van der Waals surface area contributed by atoms with Gasteiger partial charge in [0.2, 0.25) is 0 Å². The number of aliphatic hydroxyl groups excluding tert-OH is 1. The second-order valence-electron chi connectivity index (χ2n) is 5.06. The minimum absolute atomic E-state index is 0.178. The highest BCUT2D eigenvalue weighted by atomic mass is 16.6. The summed E-state index contributed by atoms with van der Waals surface area (Å²) >= 11 is 0. The molecular weight excluding hydrogens is 168 g/mol. The molecule has 1 saturated carbocycles. The van der Waals surface area contributed by atoms with E-state index in [0.29, 0.717) is 12.3 Å². The van der Waals surface area contributed by atoms with Gasteiger partial charge < -0.3 is 9.84 Å². The molecule has 0 spiro atoms. The van der Waals surface area contributed by atoms with Crippen molar-refractivity contribution < 1.29 is 14.6 Å². The van der Waals surface area contributed by atoms with Crippen LogP contribution >= 0.6 is 0 Å². The first kappa shape index (κ1) is 9.00. The number of carbonyl (C=O) groups excluding carboxylic acids is 1. The van der Waals surface area contributed by atoms with Gasteiger partial charge in [-0.25, -0.2) is 0 Å². The zero-order chi connectivity index (χ0) is 9.85. The second kappa shape index (κ2) is 2.27. The van der Waals surface area contributed by atoms with Gasteiger partial charge in [-0.15, -0.1) is 0 Å². The van der Waals surface area contributed by atoms with Crippen LogP contribution in [0.15, 0.2) is 0 Å². The molecule has 3 atom stereocenters. The van der Waals surface area contributed by atoms with Gasteiger partial charge in [0.05, 0.1) is 12.5 Å². The number of fused-ring (bicyclic) bond motifs is 1. The Morgan fingerprint density at radius 1 is 1.46 bits per heavy atom. The van der Waals surface area contributed by atoms with E-state index >= 15 is 0 Å². The van der Waals surface area contributed by atoms with Crippen LogP contribution < -0.4 is 0 Å². The smallest absolute Gasteiger partial charge is 0.306 e. The maximum atomic E-state index is 11.3. The fourth-order valence-corrected chi connectivity index (χ4v) is 2.86. The van der Waals surface area contributed by atoms with Gasteiger partial charge in [-0.1, -0.05) is 6.92 Å². The van der Waals surface area contributed by atoms with E-state index in [9.17, 15) is 9.90 Å². The summed E-state index contributed by atoms with van der Waals surface area (Å²) in [6, 6.07) is 0. The van der Waals surface area contributed by atoms with Gasteiger partial charge in [0.1, 0.15) is 5.60 Å². The molecule has 0 radical (unpaired) electrons. The summed E-state index contributed by atoms with van der Waals surface area (Å²) in [5.41, 5.74) is -0.637. The Kier molecular flexibility index (Phi) is 1.57. The Labute approximate surface area is 78.1 Å². The van der Waals surface area contributed by atoms with Crippen LogP contribution in [0.1, 0.15) is 33.6 Å². The van der Waals surface area contributed by atoms with Crippen LogP contribution in [0.25, 0.3) is 0 Å². The lowest BCUT2D eigenvalue weighted by atomic mass is 9.51. The lowest BCUT2D eigenvalue weighted by Gasteiger charge is -2.59. The fraction of sp³-hybridized carbons (Fsp3) is 0.900. The maximum absolute atomic E-state index is 11.3. The summed E-state index contributed by atoms with van der Waals surface area (Å²) < 4.78 is 5.27. The maximum Gasteiger partial charge on any atom is 0.306 e. The van der Waals surface area contributed by atoms with Crippen LogP contribution in [-0.4, -0.2) is 22.8 Å². The quantitative estimate of drug-likeness (QED) is 0.573. The fourth-order valence-electron chi connectivity index (χ4n) is 2.86. The van der Waals surface area contributed by atoms with E-state index in [4.69, 9.17) is 4.74 Å². The molecule has 1 aliphatic heterocycles. The topological polar surface area (TPSA) is 46.5 Å². The molecule has 3 heteroatoms. The van der Waals surface area contributed by atoms with Gasteiger partial charge in [-0.3, -0.25) is 4.79 Å². The number of aliphatic hydroxyl groups is 1. The molecule has 1 aliphatic carbocycles. The van der Waals surface area contributed by atoms with Gasteiger partial charge in [0.25, 0.3) is 0 Å². The van der Waals surface area contributed by atoms with E-state index in [0.717, 1.165) is 6.42 Å². The van der Waals surface area contributed by atoms with E-state index in [2.05, 4.69) is 0 Å². The normalized spacial score (nSPS) is 47.5. The minimum atomic E-state index is -0.399. The van der Waals surface area contributed by atoms with Crippen LogP contribution in [0.4, 0.5) is 0 Å². The number of rotatable bonds is 0. The molecule has 2 rings (SSSR count). The third-order valence-electron chi connectivity index (χ3n) is 3.76. The van der Waals surface area contributed by atoms with Gasteiger partial charge in [0, 0.05) is 11.3 Å². The Morgan fingerprint density at radius 3 is 2.62 bits per heavy atom. The Morgan fingerprint density at radius 2 is 2.08 bits per heavy atom. The molecule has 0 aromatic carbocycles. The number of esters is 1. The molecule has 2 fully saturated rings. The highest BCUT2D eigenvalue weighted by Crippen LogP contribution is 2.57. The number of carbonyl (C=O) groups is 1. The molecule has 13 heavy (non-hydrogen) atoms. The first-order valence-electron chi connectivity index (χ1n) is 4.76. The lowest BCUT2D eigenvalue weighted by Crippen LogP contribution is -2.64. The SMILES string of the molecule is CC1(C)OC(=O)C[C@@]2(C)[C@@H]1C[C@@H]2O. The van der Waals surface area contributed by atoms with E-state index in [1.807, 2.05) is 20.8 Å².